The van der Waals surface area contributed by atoms with Crippen molar-refractivity contribution < 1.29 is 8.83 Å². The van der Waals surface area contributed by atoms with Gasteiger partial charge in [-0.3, -0.25) is 0 Å². The average Bonchev–Trinajstić information content (AvgIpc) is 3.94. The van der Waals surface area contributed by atoms with Crippen LogP contribution in [0.15, 0.2) is 197 Å². The van der Waals surface area contributed by atoms with E-state index in [1.54, 1.807) is 0 Å². The van der Waals surface area contributed by atoms with Crippen LogP contribution in [0.5, 0.6) is 0 Å². The van der Waals surface area contributed by atoms with E-state index in [1.807, 2.05) is 12.1 Å². The third kappa shape index (κ3) is 4.55. The number of benzene rings is 10. The molecule has 0 saturated heterocycles. The number of rotatable bonds is 4. The molecule has 0 N–H and O–H groups in total. The van der Waals surface area contributed by atoms with E-state index >= 15 is 0 Å². The zero-order valence-electron chi connectivity index (χ0n) is 33.2. The van der Waals surface area contributed by atoms with Crippen molar-refractivity contribution in [2.24, 2.45) is 0 Å². The van der Waals surface area contributed by atoms with E-state index < -0.39 is 0 Å². The highest BCUT2D eigenvalue weighted by molar-refractivity contribution is 6.29. The van der Waals surface area contributed by atoms with Gasteiger partial charge < -0.3 is 13.7 Å². The lowest BCUT2D eigenvalue weighted by Gasteiger charge is -2.30. The van der Waals surface area contributed by atoms with Crippen molar-refractivity contribution in [3.63, 3.8) is 0 Å². The van der Waals surface area contributed by atoms with Gasteiger partial charge in [0, 0.05) is 43.9 Å². The van der Waals surface area contributed by atoms with Gasteiger partial charge in [-0.1, -0.05) is 141 Å². The lowest BCUT2D eigenvalue weighted by atomic mass is 9.82. The Hall–Kier alpha value is -7.62. The van der Waals surface area contributed by atoms with Crippen LogP contribution in [0.1, 0.15) is 25.0 Å². The Morgan fingerprint density at radius 1 is 0.383 bits per heavy atom. The van der Waals surface area contributed by atoms with E-state index in [0.717, 1.165) is 72.1 Å². The zero-order chi connectivity index (χ0) is 39.7. The maximum absolute atomic E-state index is 7.18. The molecular formula is C57H37NO2. The summed E-state index contributed by atoms with van der Waals surface area (Å²) in [5, 5.41) is 11.7. The van der Waals surface area contributed by atoms with Crippen LogP contribution in [0.25, 0.3) is 98.4 Å². The first-order valence-electron chi connectivity index (χ1n) is 20.8. The predicted molar refractivity (Wildman–Crippen MR) is 251 cm³/mol. The molecule has 0 amide bonds. The highest BCUT2D eigenvalue weighted by Gasteiger charge is 2.36. The van der Waals surface area contributed by atoms with Crippen LogP contribution >= 0.6 is 0 Å². The second-order valence-electron chi connectivity index (χ2n) is 16.8. The molecule has 0 aliphatic heterocycles. The molecule has 0 spiro atoms. The van der Waals surface area contributed by atoms with Gasteiger partial charge in [0.05, 0.1) is 5.69 Å². The second kappa shape index (κ2) is 12.2. The minimum absolute atomic E-state index is 0.156. The Bertz CT molecular complexity index is 3720. The van der Waals surface area contributed by atoms with E-state index in [0.29, 0.717) is 0 Å². The van der Waals surface area contributed by atoms with Gasteiger partial charge in [-0.15, -0.1) is 0 Å². The maximum Gasteiger partial charge on any atom is 0.145 e. The monoisotopic (exact) mass is 767 g/mol. The lowest BCUT2D eigenvalue weighted by molar-refractivity contribution is 0.660. The van der Waals surface area contributed by atoms with E-state index in [2.05, 4.69) is 195 Å². The summed E-state index contributed by atoms with van der Waals surface area (Å²) in [7, 11) is 0. The molecule has 0 atom stereocenters. The van der Waals surface area contributed by atoms with Crippen molar-refractivity contribution in [1.82, 2.24) is 0 Å². The molecule has 0 fully saturated rings. The van der Waals surface area contributed by atoms with Crippen LogP contribution in [0.2, 0.25) is 0 Å². The quantitative estimate of drug-likeness (QED) is 0.167. The molecule has 13 rings (SSSR count). The number of hydrogen-bond acceptors (Lipinski definition) is 3. The summed E-state index contributed by atoms with van der Waals surface area (Å²) < 4.78 is 13.6. The molecule has 0 radical (unpaired) electrons. The predicted octanol–water partition coefficient (Wildman–Crippen LogP) is 16.4. The lowest BCUT2D eigenvalue weighted by Crippen LogP contribution is -2.16. The normalized spacial score (nSPS) is 13.3. The summed E-state index contributed by atoms with van der Waals surface area (Å²) in [6.45, 7) is 4.70. The van der Waals surface area contributed by atoms with E-state index in [1.165, 1.54) is 54.6 Å². The SMILES string of the molecule is CC1(C)c2ccccc2-c2ccc(N(c3ccccc3)c3ccc4c(oc5ccc6oc7ccccc7c6c54)c3-c3ccc4c5ccccc5c5ccccc5c4c3)cc21. The van der Waals surface area contributed by atoms with E-state index in [4.69, 9.17) is 8.83 Å². The smallest absolute Gasteiger partial charge is 0.145 e. The van der Waals surface area contributed by atoms with Crippen molar-refractivity contribution >= 4 is 93.3 Å². The maximum atomic E-state index is 7.18. The molecule has 3 heteroatoms. The molecule has 0 saturated carbocycles. The Kier molecular flexibility index (Phi) is 6.78. The molecule has 0 unspecified atom stereocenters. The van der Waals surface area contributed by atoms with Gasteiger partial charge in [0.15, 0.2) is 0 Å². The number of anilines is 3. The molecule has 282 valence electrons. The van der Waals surface area contributed by atoms with E-state index in [9.17, 15) is 0 Å². The van der Waals surface area contributed by atoms with E-state index in [-0.39, 0.29) is 5.41 Å². The highest BCUT2D eigenvalue weighted by atomic mass is 16.3. The van der Waals surface area contributed by atoms with Crippen molar-refractivity contribution in [3.8, 4) is 22.3 Å². The number of para-hydroxylation sites is 2. The van der Waals surface area contributed by atoms with Crippen molar-refractivity contribution in [2.45, 2.75) is 19.3 Å². The Balaban J connectivity index is 1.15. The van der Waals surface area contributed by atoms with Crippen LogP contribution in [0, 0.1) is 0 Å². The molecular weight excluding hydrogens is 731 g/mol. The number of furan rings is 2. The molecule has 1 aliphatic carbocycles. The molecule has 3 nitrogen and oxygen atoms in total. The van der Waals surface area contributed by atoms with Crippen LogP contribution in [0.3, 0.4) is 0 Å². The Labute approximate surface area is 346 Å². The zero-order valence-corrected chi connectivity index (χ0v) is 33.2. The fourth-order valence-corrected chi connectivity index (χ4v) is 10.5. The Morgan fingerprint density at radius 2 is 0.967 bits per heavy atom. The van der Waals surface area contributed by atoms with Crippen molar-refractivity contribution in [1.29, 1.82) is 0 Å². The number of fused-ring (bicyclic) bond motifs is 16. The third-order valence-electron chi connectivity index (χ3n) is 13.2. The summed E-state index contributed by atoms with van der Waals surface area (Å²) in [5.41, 5.74) is 13.9. The molecule has 2 aromatic heterocycles. The first kappa shape index (κ1) is 33.4. The van der Waals surface area contributed by atoms with Gasteiger partial charge in [0.1, 0.15) is 22.3 Å². The first-order chi connectivity index (χ1) is 29.5. The summed E-state index contributed by atoms with van der Waals surface area (Å²) in [6.07, 6.45) is 0. The molecule has 2 heterocycles. The highest BCUT2D eigenvalue weighted by Crippen LogP contribution is 2.53. The van der Waals surface area contributed by atoms with Crippen molar-refractivity contribution in [3.05, 3.63) is 199 Å². The number of nitrogens with zero attached hydrogens (tertiary/aromatic N) is 1. The first-order valence-corrected chi connectivity index (χ1v) is 20.8. The minimum atomic E-state index is -0.156. The fourth-order valence-electron chi connectivity index (χ4n) is 10.5. The van der Waals surface area contributed by atoms with Gasteiger partial charge in [-0.05, 0) is 121 Å². The summed E-state index contributed by atoms with van der Waals surface area (Å²) in [6, 6.07) is 68.2. The van der Waals surface area contributed by atoms with Gasteiger partial charge >= 0.3 is 0 Å². The van der Waals surface area contributed by atoms with Crippen LogP contribution in [-0.2, 0) is 5.41 Å². The minimum Gasteiger partial charge on any atom is -0.456 e. The number of hydrogen-bond donors (Lipinski definition) is 0. The largest absolute Gasteiger partial charge is 0.456 e. The van der Waals surface area contributed by atoms with Crippen LogP contribution < -0.4 is 4.90 Å². The summed E-state index contributed by atoms with van der Waals surface area (Å²) in [4.78, 5) is 2.42. The molecule has 0 bridgehead atoms. The third-order valence-corrected chi connectivity index (χ3v) is 13.2. The topological polar surface area (TPSA) is 29.5 Å². The molecule has 12 aromatic rings. The van der Waals surface area contributed by atoms with Gasteiger partial charge in [-0.25, -0.2) is 0 Å². The summed E-state index contributed by atoms with van der Waals surface area (Å²) >= 11 is 0. The average molecular weight is 768 g/mol. The fraction of sp³-hybridized carbons (Fsp3) is 0.0526. The molecule has 10 aromatic carbocycles. The second-order valence-corrected chi connectivity index (χ2v) is 16.8. The molecule has 60 heavy (non-hydrogen) atoms. The van der Waals surface area contributed by atoms with Gasteiger partial charge in [0.25, 0.3) is 0 Å². The van der Waals surface area contributed by atoms with Crippen molar-refractivity contribution in [2.75, 3.05) is 4.90 Å². The van der Waals surface area contributed by atoms with Gasteiger partial charge in [-0.2, -0.15) is 0 Å². The van der Waals surface area contributed by atoms with Crippen LogP contribution in [0.4, 0.5) is 17.1 Å². The Morgan fingerprint density at radius 3 is 1.73 bits per heavy atom. The molecule has 1 aliphatic rings. The summed E-state index contributed by atoms with van der Waals surface area (Å²) in [5.74, 6) is 0. The standard InChI is InChI=1S/C57H37NO2/c1-57(2)47-22-12-10-20-42(47)43-27-25-36(33-48(43)57)58(35-14-4-3-5-15-35)49-29-28-45-55-52(31-30-51-54(55)44-21-11-13-23-50(44)59-51)60-56(45)53(49)34-24-26-41-39-18-7-6-16-37(39)38-17-8-9-19-40(38)46(41)32-34/h3-33H,1-2H3. The van der Waals surface area contributed by atoms with Crippen LogP contribution in [-0.4, -0.2) is 0 Å². The van der Waals surface area contributed by atoms with Gasteiger partial charge in [0.2, 0.25) is 0 Å².